The van der Waals surface area contributed by atoms with Crippen molar-refractivity contribution >= 4 is 11.6 Å². The SMILES string of the molecule is CNCC(Cc1ccccc1)Cc1cc(Cl)ccc1F. The van der Waals surface area contributed by atoms with Crippen LogP contribution < -0.4 is 5.32 Å². The van der Waals surface area contributed by atoms with Crippen molar-refractivity contribution in [2.75, 3.05) is 13.6 Å². The molecule has 0 aromatic heterocycles. The van der Waals surface area contributed by atoms with Crippen molar-refractivity contribution in [3.8, 4) is 0 Å². The van der Waals surface area contributed by atoms with Crippen LogP contribution in [-0.2, 0) is 12.8 Å². The zero-order valence-corrected chi connectivity index (χ0v) is 12.3. The van der Waals surface area contributed by atoms with Crippen LogP contribution in [0.25, 0.3) is 0 Å². The van der Waals surface area contributed by atoms with Gasteiger partial charge in [0.25, 0.3) is 0 Å². The van der Waals surface area contributed by atoms with E-state index in [0.717, 1.165) is 13.0 Å². The van der Waals surface area contributed by atoms with Crippen LogP contribution in [0.3, 0.4) is 0 Å². The van der Waals surface area contributed by atoms with Gasteiger partial charge in [0.2, 0.25) is 0 Å². The van der Waals surface area contributed by atoms with Crippen LogP contribution in [0.15, 0.2) is 48.5 Å². The molecule has 0 heterocycles. The number of nitrogens with one attached hydrogen (secondary N) is 1. The number of halogens is 2. The Morgan fingerprint density at radius 3 is 2.55 bits per heavy atom. The molecular formula is C17H19ClFN. The van der Waals surface area contributed by atoms with Gasteiger partial charge >= 0.3 is 0 Å². The molecule has 0 saturated carbocycles. The summed E-state index contributed by atoms with van der Waals surface area (Å²) >= 11 is 5.96. The van der Waals surface area contributed by atoms with Gasteiger partial charge < -0.3 is 5.32 Å². The van der Waals surface area contributed by atoms with Gasteiger partial charge in [0.05, 0.1) is 0 Å². The Balaban J connectivity index is 2.11. The van der Waals surface area contributed by atoms with Gasteiger partial charge in [-0.25, -0.2) is 4.39 Å². The quantitative estimate of drug-likeness (QED) is 0.845. The molecule has 0 aliphatic carbocycles. The van der Waals surface area contributed by atoms with E-state index in [2.05, 4.69) is 17.4 Å². The third-order valence-corrected chi connectivity index (χ3v) is 3.61. The first kappa shape index (κ1) is 15.0. The highest BCUT2D eigenvalue weighted by Crippen LogP contribution is 2.20. The molecule has 106 valence electrons. The lowest BCUT2D eigenvalue weighted by Gasteiger charge is -2.17. The van der Waals surface area contributed by atoms with Gasteiger partial charge in [-0.1, -0.05) is 41.9 Å². The van der Waals surface area contributed by atoms with Crippen LogP contribution in [-0.4, -0.2) is 13.6 Å². The van der Waals surface area contributed by atoms with Crippen molar-refractivity contribution in [2.45, 2.75) is 12.8 Å². The number of hydrogen-bond acceptors (Lipinski definition) is 1. The lowest BCUT2D eigenvalue weighted by Crippen LogP contribution is -2.23. The predicted octanol–water partition coefficient (Wildman–Crippen LogP) is 4.10. The van der Waals surface area contributed by atoms with E-state index >= 15 is 0 Å². The summed E-state index contributed by atoms with van der Waals surface area (Å²) in [6.07, 6.45) is 1.61. The summed E-state index contributed by atoms with van der Waals surface area (Å²) in [5, 5.41) is 3.77. The first-order valence-electron chi connectivity index (χ1n) is 6.81. The highest BCUT2D eigenvalue weighted by atomic mass is 35.5. The van der Waals surface area contributed by atoms with Crippen molar-refractivity contribution in [3.63, 3.8) is 0 Å². The van der Waals surface area contributed by atoms with E-state index in [1.807, 2.05) is 25.2 Å². The Morgan fingerprint density at radius 1 is 1.10 bits per heavy atom. The monoisotopic (exact) mass is 291 g/mol. The van der Waals surface area contributed by atoms with Crippen molar-refractivity contribution in [1.82, 2.24) is 5.32 Å². The van der Waals surface area contributed by atoms with E-state index in [1.165, 1.54) is 11.6 Å². The van der Waals surface area contributed by atoms with E-state index < -0.39 is 0 Å². The highest BCUT2D eigenvalue weighted by molar-refractivity contribution is 6.30. The van der Waals surface area contributed by atoms with Crippen LogP contribution in [0, 0.1) is 11.7 Å². The molecule has 2 rings (SSSR count). The maximum Gasteiger partial charge on any atom is 0.126 e. The minimum absolute atomic E-state index is 0.177. The average Bonchev–Trinajstić information content (AvgIpc) is 2.44. The zero-order chi connectivity index (χ0) is 14.4. The molecule has 0 radical (unpaired) electrons. The largest absolute Gasteiger partial charge is 0.319 e. The molecule has 0 aliphatic heterocycles. The molecule has 1 atom stereocenters. The minimum atomic E-state index is -0.177. The van der Waals surface area contributed by atoms with Gasteiger partial charge in [-0.05, 0) is 61.7 Å². The molecule has 0 bridgehead atoms. The van der Waals surface area contributed by atoms with Crippen molar-refractivity contribution in [1.29, 1.82) is 0 Å². The molecule has 3 heteroatoms. The van der Waals surface area contributed by atoms with Crippen molar-refractivity contribution in [3.05, 3.63) is 70.5 Å². The molecule has 1 N–H and O–H groups in total. The molecule has 0 amide bonds. The number of hydrogen-bond donors (Lipinski definition) is 1. The molecule has 0 spiro atoms. The fourth-order valence-corrected chi connectivity index (χ4v) is 2.66. The van der Waals surface area contributed by atoms with Crippen LogP contribution in [0.4, 0.5) is 4.39 Å². The smallest absolute Gasteiger partial charge is 0.126 e. The molecule has 0 saturated heterocycles. The van der Waals surface area contributed by atoms with Crippen LogP contribution in [0.1, 0.15) is 11.1 Å². The van der Waals surface area contributed by atoms with Crippen LogP contribution in [0.5, 0.6) is 0 Å². The standard InChI is InChI=1S/C17H19ClFN/c1-20-12-14(9-13-5-3-2-4-6-13)10-15-11-16(18)7-8-17(15)19/h2-8,11,14,20H,9-10,12H2,1H3. The Labute approximate surface area is 124 Å². The van der Waals surface area contributed by atoms with Gasteiger partial charge in [0.15, 0.2) is 0 Å². The van der Waals surface area contributed by atoms with Crippen LogP contribution >= 0.6 is 11.6 Å². The first-order chi connectivity index (χ1) is 9.69. The molecule has 2 aromatic rings. The van der Waals surface area contributed by atoms with E-state index in [1.54, 1.807) is 12.1 Å². The van der Waals surface area contributed by atoms with Crippen LogP contribution in [0.2, 0.25) is 5.02 Å². The second-order valence-electron chi connectivity index (χ2n) is 5.05. The Hall–Kier alpha value is -1.38. The van der Waals surface area contributed by atoms with Gasteiger partial charge in [-0.2, -0.15) is 0 Å². The topological polar surface area (TPSA) is 12.0 Å². The predicted molar refractivity (Wildman–Crippen MR) is 82.7 cm³/mol. The third-order valence-electron chi connectivity index (χ3n) is 3.38. The maximum atomic E-state index is 13.8. The van der Waals surface area contributed by atoms with Gasteiger partial charge in [0.1, 0.15) is 5.82 Å². The first-order valence-corrected chi connectivity index (χ1v) is 7.19. The van der Waals surface area contributed by atoms with Gasteiger partial charge in [0, 0.05) is 5.02 Å². The molecular weight excluding hydrogens is 273 g/mol. The molecule has 0 aliphatic rings. The van der Waals surface area contributed by atoms with E-state index in [-0.39, 0.29) is 5.82 Å². The summed E-state index contributed by atoms with van der Waals surface area (Å²) in [7, 11) is 1.92. The maximum absolute atomic E-state index is 13.8. The second kappa shape index (κ2) is 7.41. The Bertz CT molecular complexity index is 542. The molecule has 2 aromatic carbocycles. The Kier molecular flexibility index (Phi) is 5.57. The second-order valence-corrected chi connectivity index (χ2v) is 5.49. The minimum Gasteiger partial charge on any atom is -0.319 e. The zero-order valence-electron chi connectivity index (χ0n) is 11.6. The summed E-state index contributed by atoms with van der Waals surface area (Å²) in [6, 6.07) is 15.0. The summed E-state index contributed by atoms with van der Waals surface area (Å²) < 4.78 is 13.8. The normalized spacial score (nSPS) is 12.3. The summed E-state index contributed by atoms with van der Waals surface area (Å²) in [5.74, 6) is 0.166. The summed E-state index contributed by atoms with van der Waals surface area (Å²) in [4.78, 5) is 0. The highest BCUT2D eigenvalue weighted by Gasteiger charge is 2.13. The molecule has 20 heavy (non-hydrogen) atoms. The number of rotatable bonds is 6. The molecule has 1 unspecified atom stereocenters. The fraction of sp³-hybridized carbons (Fsp3) is 0.294. The third kappa shape index (κ3) is 4.32. The summed E-state index contributed by atoms with van der Waals surface area (Å²) in [5.41, 5.74) is 1.96. The van der Waals surface area contributed by atoms with E-state index in [9.17, 15) is 4.39 Å². The van der Waals surface area contributed by atoms with Crippen molar-refractivity contribution < 1.29 is 4.39 Å². The van der Waals surface area contributed by atoms with Crippen molar-refractivity contribution in [2.24, 2.45) is 5.92 Å². The summed E-state index contributed by atoms with van der Waals surface area (Å²) in [6.45, 7) is 0.848. The lowest BCUT2D eigenvalue weighted by atomic mass is 9.92. The molecule has 1 nitrogen and oxygen atoms in total. The van der Waals surface area contributed by atoms with E-state index in [0.29, 0.717) is 22.9 Å². The van der Waals surface area contributed by atoms with Gasteiger partial charge in [-0.3, -0.25) is 0 Å². The van der Waals surface area contributed by atoms with E-state index in [4.69, 9.17) is 11.6 Å². The molecule has 0 fully saturated rings. The lowest BCUT2D eigenvalue weighted by molar-refractivity contribution is 0.480. The van der Waals surface area contributed by atoms with Gasteiger partial charge in [-0.15, -0.1) is 0 Å². The fourth-order valence-electron chi connectivity index (χ4n) is 2.46. The number of benzene rings is 2. The average molecular weight is 292 g/mol. The Morgan fingerprint density at radius 2 is 1.85 bits per heavy atom.